The SMILES string of the molecule is Nc1ncnc2c1ncn2[C@H]1CC[C@@H](C[Se]c2ccccc2[N+](=O)[O-])O1. The number of aromatic nitrogens is 4. The van der Waals surface area contributed by atoms with Crippen molar-refractivity contribution >= 4 is 42.1 Å². The molecule has 9 nitrogen and oxygen atoms in total. The minimum absolute atomic E-state index is 0.0210. The van der Waals surface area contributed by atoms with Crippen LogP contribution in [-0.4, -0.2) is 45.5 Å². The number of para-hydroxylation sites is 1. The Morgan fingerprint density at radius 2 is 2.15 bits per heavy atom. The number of hydrogen-bond donors (Lipinski definition) is 1. The summed E-state index contributed by atoms with van der Waals surface area (Å²) in [5, 5.41) is 11.9. The fraction of sp³-hybridized carbons (Fsp3) is 0.312. The van der Waals surface area contributed by atoms with Gasteiger partial charge in [-0.15, -0.1) is 0 Å². The van der Waals surface area contributed by atoms with Crippen molar-refractivity contribution in [2.75, 3.05) is 5.73 Å². The zero-order valence-electron chi connectivity index (χ0n) is 13.7. The number of nitrogen functional groups attached to an aromatic ring is 1. The van der Waals surface area contributed by atoms with Crippen LogP contribution in [-0.2, 0) is 4.74 Å². The van der Waals surface area contributed by atoms with Gasteiger partial charge in [0.15, 0.2) is 0 Å². The van der Waals surface area contributed by atoms with Crippen LogP contribution in [0.2, 0.25) is 5.32 Å². The molecule has 26 heavy (non-hydrogen) atoms. The Bertz CT molecular complexity index is 962. The molecule has 2 N–H and O–H groups in total. The van der Waals surface area contributed by atoms with Gasteiger partial charge in [0.25, 0.3) is 0 Å². The molecule has 134 valence electrons. The standard InChI is InChI=1S/C16H16N6O3Se/c17-15-14-16(19-8-18-15)21(9-20-14)13-6-5-10(25-13)7-26-12-4-2-1-3-11(12)22(23)24/h1-4,8-10,13H,5-7H2,(H2,17,18,19)/t10-,13+/m0/s1. The molecule has 1 saturated heterocycles. The van der Waals surface area contributed by atoms with E-state index < -0.39 is 0 Å². The molecule has 0 saturated carbocycles. The van der Waals surface area contributed by atoms with Crippen LogP contribution in [0.4, 0.5) is 11.5 Å². The Kier molecular flexibility index (Phi) is 4.54. The number of nitro benzene ring substituents is 1. The van der Waals surface area contributed by atoms with Crippen LogP contribution in [0.1, 0.15) is 19.1 Å². The van der Waals surface area contributed by atoms with Gasteiger partial charge in [-0.05, 0) is 0 Å². The number of benzene rings is 1. The molecule has 0 unspecified atom stereocenters. The summed E-state index contributed by atoms with van der Waals surface area (Å²) >= 11 is -0.0210. The van der Waals surface area contributed by atoms with E-state index in [-0.39, 0.29) is 37.9 Å². The van der Waals surface area contributed by atoms with Crippen molar-refractivity contribution in [2.24, 2.45) is 0 Å². The molecule has 2 aromatic heterocycles. The predicted molar refractivity (Wildman–Crippen MR) is 96.2 cm³/mol. The summed E-state index contributed by atoms with van der Waals surface area (Å²) in [5.41, 5.74) is 7.25. The van der Waals surface area contributed by atoms with Crippen LogP contribution in [0.3, 0.4) is 0 Å². The van der Waals surface area contributed by atoms with Gasteiger partial charge in [0.1, 0.15) is 0 Å². The number of nitro groups is 1. The molecule has 0 radical (unpaired) electrons. The number of ether oxygens (including phenoxy) is 1. The summed E-state index contributed by atoms with van der Waals surface area (Å²) in [5.74, 6) is 0.350. The summed E-state index contributed by atoms with van der Waals surface area (Å²) < 4.78 is 8.82. The van der Waals surface area contributed by atoms with E-state index in [1.54, 1.807) is 18.5 Å². The summed E-state index contributed by atoms with van der Waals surface area (Å²) in [4.78, 5) is 23.3. The van der Waals surface area contributed by atoms with Gasteiger partial charge in [-0.25, -0.2) is 0 Å². The number of nitrogens with zero attached hydrogens (tertiary/aromatic N) is 5. The van der Waals surface area contributed by atoms with Crippen LogP contribution in [0.25, 0.3) is 11.2 Å². The zero-order chi connectivity index (χ0) is 18.1. The fourth-order valence-corrected chi connectivity index (χ4v) is 5.26. The molecule has 4 rings (SSSR count). The molecule has 2 atom stereocenters. The first kappa shape index (κ1) is 16.9. The molecule has 3 aromatic rings. The number of nitrogens with two attached hydrogens (primary N) is 1. The van der Waals surface area contributed by atoms with E-state index in [1.807, 2.05) is 16.7 Å². The number of rotatable bonds is 5. The van der Waals surface area contributed by atoms with Crippen molar-refractivity contribution < 1.29 is 9.66 Å². The molecule has 0 spiro atoms. The van der Waals surface area contributed by atoms with Gasteiger partial charge in [-0.1, -0.05) is 0 Å². The van der Waals surface area contributed by atoms with E-state index in [2.05, 4.69) is 15.0 Å². The average molecular weight is 419 g/mol. The van der Waals surface area contributed by atoms with Crippen LogP contribution in [0.5, 0.6) is 0 Å². The molecule has 1 fully saturated rings. The minimum atomic E-state index is -0.322. The molecule has 0 bridgehead atoms. The third-order valence-electron chi connectivity index (χ3n) is 4.27. The van der Waals surface area contributed by atoms with E-state index >= 15 is 0 Å². The molecule has 0 amide bonds. The van der Waals surface area contributed by atoms with Gasteiger partial charge in [-0.3, -0.25) is 0 Å². The van der Waals surface area contributed by atoms with Crippen molar-refractivity contribution in [1.29, 1.82) is 0 Å². The van der Waals surface area contributed by atoms with Gasteiger partial charge in [0.2, 0.25) is 0 Å². The number of hydrogen-bond acceptors (Lipinski definition) is 7. The third kappa shape index (κ3) is 3.14. The van der Waals surface area contributed by atoms with Crippen LogP contribution in [0, 0.1) is 10.1 Å². The Morgan fingerprint density at radius 3 is 3.00 bits per heavy atom. The first-order chi connectivity index (χ1) is 12.6. The maximum absolute atomic E-state index is 11.1. The second kappa shape index (κ2) is 6.99. The maximum atomic E-state index is 11.1. The molecule has 10 heteroatoms. The monoisotopic (exact) mass is 420 g/mol. The predicted octanol–water partition coefficient (Wildman–Crippen LogP) is 1.44. The van der Waals surface area contributed by atoms with Crippen molar-refractivity contribution in [3.05, 3.63) is 47.0 Å². The van der Waals surface area contributed by atoms with E-state index in [0.29, 0.717) is 17.0 Å². The van der Waals surface area contributed by atoms with Crippen LogP contribution >= 0.6 is 0 Å². The summed E-state index contributed by atoms with van der Waals surface area (Å²) in [6, 6.07) is 6.91. The van der Waals surface area contributed by atoms with Gasteiger partial charge < -0.3 is 0 Å². The van der Waals surface area contributed by atoms with Gasteiger partial charge >= 0.3 is 155 Å². The summed E-state index contributed by atoms with van der Waals surface area (Å²) in [7, 11) is 0. The third-order valence-corrected chi connectivity index (χ3v) is 6.78. The van der Waals surface area contributed by atoms with Crippen molar-refractivity contribution in [2.45, 2.75) is 30.5 Å². The van der Waals surface area contributed by atoms with Crippen molar-refractivity contribution in [3.8, 4) is 0 Å². The molecule has 1 aromatic carbocycles. The van der Waals surface area contributed by atoms with Gasteiger partial charge in [0.05, 0.1) is 0 Å². The topological polar surface area (TPSA) is 122 Å². The first-order valence-corrected chi connectivity index (χ1v) is 10.1. The first-order valence-electron chi connectivity index (χ1n) is 8.08. The van der Waals surface area contributed by atoms with E-state index in [1.165, 1.54) is 6.33 Å². The Morgan fingerprint density at radius 1 is 1.31 bits per heavy atom. The molecular weight excluding hydrogens is 403 g/mol. The molecule has 3 heterocycles. The average Bonchev–Trinajstić information content (AvgIpc) is 3.27. The molecule has 0 aliphatic carbocycles. The summed E-state index contributed by atoms with van der Waals surface area (Å²) in [6.07, 6.45) is 4.74. The second-order valence-corrected chi connectivity index (χ2v) is 8.14. The second-order valence-electron chi connectivity index (χ2n) is 5.91. The summed E-state index contributed by atoms with van der Waals surface area (Å²) in [6.45, 7) is 0. The Hall–Kier alpha value is -2.55. The number of imidazole rings is 1. The van der Waals surface area contributed by atoms with Crippen LogP contribution in [0.15, 0.2) is 36.9 Å². The molecule has 1 aliphatic rings. The van der Waals surface area contributed by atoms with E-state index in [4.69, 9.17) is 10.5 Å². The Balaban J connectivity index is 1.44. The van der Waals surface area contributed by atoms with Gasteiger partial charge in [0, 0.05) is 0 Å². The zero-order valence-corrected chi connectivity index (χ0v) is 15.4. The van der Waals surface area contributed by atoms with Crippen LogP contribution < -0.4 is 10.2 Å². The van der Waals surface area contributed by atoms with Gasteiger partial charge in [-0.2, -0.15) is 0 Å². The Labute approximate surface area is 154 Å². The van der Waals surface area contributed by atoms with E-state index in [0.717, 1.165) is 22.6 Å². The number of anilines is 1. The van der Waals surface area contributed by atoms with E-state index in [9.17, 15) is 10.1 Å². The normalized spacial score (nSPS) is 19.8. The fourth-order valence-electron chi connectivity index (χ4n) is 3.01. The number of fused-ring (bicyclic) bond motifs is 1. The quantitative estimate of drug-likeness (QED) is 0.377. The molecule has 1 aliphatic heterocycles. The van der Waals surface area contributed by atoms with Crippen molar-refractivity contribution in [3.63, 3.8) is 0 Å². The van der Waals surface area contributed by atoms with Crippen molar-refractivity contribution in [1.82, 2.24) is 19.5 Å². The molecular formula is C16H16N6O3Se.